The number of fused-ring (bicyclic) bond motifs is 3. The molecule has 0 aliphatic heterocycles. The van der Waals surface area contributed by atoms with E-state index in [0.29, 0.717) is 0 Å². The van der Waals surface area contributed by atoms with Gasteiger partial charge in [0.2, 0.25) is 0 Å². The van der Waals surface area contributed by atoms with E-state index in [1.807, 2.05) is 6.07 Å². The van der Waals surface area contributed by atoms with Gasteiger partial charge < -0.3 is 0 Å². The molecule has 1 aromatic heterocycles. The van der Waals surface area contributed by atoms with Gasteiger partial charge in [-0.1, -0.05) is 200 Å². The van der Waals surface area contributed by atoms with Crippen molar-refractivity contribution in [1.29, 1.82) is 0 Å². The maximum Gasteiger partial charge on any atom is 0.145 e. The van der Waals surface area contributed by atoms with Crippen LogP contribution in [0.15, 0.2) is 231 Å². The Morgan fingerprint density at radius 2 is 0.729 bits per heavy atom. The zero-order chi connectivity index (χ0) is 39.1. The highest BCUT2D eigenvalue weighted by Crippen LogP contribution is 2.48. The third-order valence-corrected chi connectivity index (χ3v) is 11.6. The summed E-state index contributed by atoms with van der Waals surface area (Å²) in [4.78, 5) is 5.09. The standard InChI is InChI=1S/C57H38N2/c1-4-18-40(19-5-1)45-24-10-12-26-47(45)55-49-28-14-15-29-50(49)56(48-27-13-11-25-46(48)41-20-6-2-7-21-41)52-38-43(34-37-51(52)55)39-32-35-44(36-33-39)59-54-31-17-16-30-53(54)58-57(59)42-22-8-3-9-23-42/h1-38H. The molecule has 0 amide bonds. The van der Waals surface area contributed by atoms with Crippen molar-refractivity contribution in [3.63, 3.8) is 0 Å². The average molecular weight is 751 g/mol. The van der Waals surface area contributed by atoms with Gasteiger partial charge in [-0.15, -0.1) is 0 Å². The monoisotopic (exact) mass is 750 g/mol. The number of para-hydroxylation sites is 2. The predicted octanol–water partition coefficient (Wildman–Crippen LogP) is 15.3. The van der Waals surface area contributed by atoms with Crippen LogP contribution < -0.4 is 0 Å². The van der Waals surface area contributed by atoms with Crippen molar-refractivity contribution in [1.82, 2.24) is 9.55 Å². The van der Waals surface area contributed by atoms with Gasteiger partial charge in [-0.2, -0.15) is 0 Å². The van der Waals surface area contributed by atoms with E-state index in [9.17, 15) is 0 Å². The van der Waals surface area contributed by atoms with Gasteiger partial charge in [-0.25, -0.2) is 4.98 Å². The Balaban J connectivity index is 1.16. The molecule has 0 saturated heterocycles. The van der Waals surface area contributed by atoms with Crippen molar-refractivity contribution < 1.29 is 0 Å². The fraction of sp³-hybridized carbons (Fsp3) is 0. The topological polar surface area (TPSA) is 17.8 Å². The zero-order valence-corrected chi connectivity index (χ0v) is 32.3. The van der Waals surface area contributed by atoms with Gasteiger partial charge in [0.1, 0.15) is 5.82 Å². The molecule has 0 aliphatic carbocycles. The molecule has 0 aliphatic rings. The van der Waals surface area contributed by atoms with Crippen molar-refractivity contribution in [2.24, 2.45) is 0 Å². The van der Waals surface area contributed by atoms with Crippen LogP contribution in [0.1, 0.15) is 0 Å². The normalized spacial score (nSPS) is 11.4. The van der Waals surface area contributed by atoms with E-state index in [-0.39, 0.29) is 0 Å². The second-order valence-corrected chi connectivity index (χ2v) is 15.1. The van der Waals surface area contributed by atoms with Crippen LogP contribution in [0.4, 0.5) is 0 Å². The van der Waals surface area contributed by atoms with Crippen LogP contribution in [0.5, 0.6) is 0 Å². The second kappa shape index (κ2) is 14.6. The highest BCUT2D eigenvalue weighted by Gasteiger charge is 2.21. The lowest BCUT2D eigenvalue weighted by Gasteiger charge is -2.22. The first-order chi connectivity index (χ1) is 29.3. The molecule has 0 atom stereocenters. The van der Waals surface area contributed by atoms with Crippen molar-refractivity contribution in [3.05, 3.63) is 231 Å². The molecule has 276 valence electrons. The van der Waals surface area contributed by atoms with E-state index in [2.05, 4.69) is 229 Å². The maximum atomic E-state index is 5.09. The summed E-state index contributed by atoms with van der Waals surface area (Å²) in [6.45, 7) is 0. The highest BCUT2D eigenvalue weighted by molar-refractivity contribution is 6.23. The first kappa shape index (κ1) is 34.4. The summed E-state index contributed by atoms with van der Waals surface area (Å²) >= 11 is 0. The minimum absolute atomic E-state index is 0.933. The molecule has 11 rings (SSSR count). The largest absolute Gasteiger partial charge is 0.292 e. The number of hydrogen-bond acceptors (Lipinski definition) is 1. The summed E-state index contributed by atoms with van der Waals surface area (Å²) in [5.41, 5.74) is 16.3. The smallest absolute Gasteiger partial charge is 0.145 e. The Bertz CT molecular complexity index is 3290. The SMILES string of the molecule is c1ccc(-c2ccccc2-c2c3ccccc3c(-c3ccccc3-c3ccccc3)c3cc(-c4ccc(-n5c(-c6ccccc6)nc6ccccc65)cc4)ccc23)cc1. The van der Waals surface area contributed by atoms with E-state index in [1.165, 1.54) is 71.6 Å². The summed E-state index contributed by atoms with van der Waals surface area (Å²) in [7, 11) is 0. The Labute approximate surface area is 344 Å². The third-order valence-electron chi connectivity index (χ3n) is 11.6. The van der Waals surface area contributed by atoms with E-state index < -0.39 is 0 Å². The number of benzene rings is 10. The molecule has 0 saturated carbocycles. The van der Waals surface area contributed by atoms with E-state index in [4.69, 9.17) is 4.98 Å². The lowest BCUT2D eigenvalue weighted by Crippen LogP contribution is -1.97. The van der Waals surface area contributed by atoms with E-state index in [0.717, 1.165) is 33.7 Å². The van der Waals surface area contributed by atoms with Crippen molar-refractivity contribution in [2.45, 2.75) is 0 Å². The number of rotatable bonds is 7. The first-order valence-corrected chi connectivity index (χ1v) is 20.2. The van der Waals surface area contributed by atoms with Gasteiger partial charge in [0.25, 0.3) is 0 Å². The Hall–Kier alpha value is -7.81. The molecule has 0 radical (unpaired) electrons. The van der Waals surface area contributed by atoms with Crippen molar-refractivity contribution in [3.8, 4) is 72.7 Å². The zero-order valence-electron chi connectivity index (χ0n) is 32.3. The molecular formula is C57H38N2. The molecular weight excluding hydrogens is 713 g/mol. The molecule has 0 spiro atoms. The van der Waals surface area contributed by atoms with Gasteiger partial charge in [-0.05, 0) is 108 Å². The quantitative estimate of drug-likeness (QED) is 0.148. The molecule has 0 fully saturated rings. The van der Waals surface area contributed by atoms with Gasteiger partial charge in [0.05, 0.1) is 11.0 Å². The number of imidazole rings is 1. The molecule has 1 heterocycles. The second-order valence-electron chi connectivity index (χ2n) is 15.1. The first-order valence-electron chi connectivity index (χ1n) is 20.2. The summed E-state index contributed by atoms with van der Waals surface area (Å²) in [5.74, 6) is 0.933. The minimum Gasteiger partial charge on any atom is -0.292 e. The average Bonchev–Trinajstić information content (AvgIpc) is 3.71. The van der Waals surface area contributed by atoms with Crippen molar-refractivity contribution >= 4 is 32.6 Å². The van der Waals surface area contributed by atoms with Crippen LogP contribution in [0, 0.1) is 0 Å². The molecule has 59 heavy (non-hydrogen) atoms. The lowest BCUT2D eigenvalue weighted by molar-refractivity contribution is 1.10. The molecule has 11 aromatic rings. The lowest BCUT2D eigenvalue weighted by atomic mass is 9.81. The molecule has 0 unspecified atom stereocenters. The molecule has 2 heteroatoms. The number of aromatic nitrogens is 2. The fourth-order valence-corrected chi connectivity index (χ4v) is 8.95. The summed E-state index contributed by atoms with van der Waals surface area (Å²) < 4.78 is 2.27. The van der Waals surface area contributed by atoms with Gasteiger partial charge >= 0.3 is 0 Å². The fourth-order valence-electron chi connectivity index (χ4n) is 8.95. The molecule has 0 bridgehead atoms. The van der Waals surface area contributed by atoms with Gasteiger partial charge in [-0.3, -0.25) is 4.57 Å². The van der Waals surface area contributed by atoms with Crippen LogP contribution in [-0.4, -0.2) is 9.55 Å². The summed E-state index contributed by atoms with van der Waals surface area (Å²) in [6, 6.07) is 83.1. The summed E-state index contributed by atoms with van der Waals surface area (Å²) in [5, 5.41) is 4.91. The van der Waals surface area contributed by atoms with Crippen LogP contribution in [0.2, 0.25) is 0 Å². The predicted molar refractivity (Wildman–Crippen MR) is 249 cm³/mol. The van der Waals surface area contributed by atoms with Crippen LogP contribution >= 0.6 is 0 Å². The Morgan fingerprint density at radius 3 is 1.32 bits per heavy atom. The van der Waals surface area contributed by atoms with E-state index in [1.54, 1.807) is 0 Å². The van der Waals surface area contributed by atoms with Crippen LogP contribution in [-0.2, 0) is 0 Å². The summed E-state index contributed by atoms with van der Waals surface area (Å²) in [6.07, 6.45) is 0. The highest BCUT2D eigenvalue weighted by atomic mass is 15.1. The Kier molecular flexibility index (Phi) is 8.52. The molecule has 2 nitrogen and oxygen atoms in total. The van der Waals surface area contributed by atoms with Gasteiger partial charge in [0, 0.05) is 11.3 Å². The third kappa shape index (κ3) is 6.02. The van der Waals surface area contributed by atoms with Crippen LogP contribution in [0.25, 0.3) is 105 Å². The molecule has 0 N–H and O–H groups in total. The molecule has 10 aromatic carbocycles. The van der Waals surface area contributed by atoms with Crippen LogP contribution in [0.3, 0.4) is 0 Å². The van der Waals surface area contributed by atoms with E-state index >= 15 is 0 Å². The number of nitrogens with zero attached hydrogens (tertiary/aromatic N) is 2. The Morgan fingerprint density at radius 1 is 0.288 bits per heavy atom. The maximum absolute atomic E-state index is 5.09. The van der Waals surface area contributed by atoms with Crippen molar-refractivity contribution in [2.75, 3.05) is 0 Å². The number of hydrogen-bond donors (Lipinski definition) is 0. The van der Waals surface area contributed by atoms with Gasteiger partial charge in [0.15, 0.2) is 0 Å². The minimum atomic E-state index is 0.933.